The number of hydrogen-bond acceptors (Lipinski definition) is 5. The third-order valence-corrected chi connectivity index (χ3v) is 4.24. The van der Waals surface area contributed by atoms with E-state index < -0.39 is 0 Å². The highest BCUT2D eigenvalue weighted by atomic mass is 16.5. The highest BCUT2D eigenvalue weighted by Gasteiger charge is 2.21. The van der Waals surface area contributed by atoms with Crippen LogP contribution in [0.25, 0.3) is 11.1 Å². The maximum absolute atomic E-state index is 12.8. The Morgan fingerprint density at radius 1 is 1.38 bits per heavy atom. The van der Waals surface area contributed by atoms with Crippen molar-refractivity contribution in [2.75, 3.05) is 0 Å². The van der Waals surface area contributed by atoms with Crippen LogP contribution in [0.2, 0.25) is 0 Å². The molecule has 1 unspecified atom stereocenters. The number of amides is 1. The van der Waals surface area contributed by atoms with Gasteiger partial charge in [0.25, 0.3) is 11.6 Å². The molecule has 3 aromatic heterocycles. The number of aromatic nitrogens is 4. The van der Waals surface area contributed by atoms with Gasteiger partial charge in [0.05, 0.1) is 28.9 Å². The Balaban J connectivity index is 1.92. The van der Waals surface area contributed by atoms with Crippen molar-refractivity contribution in [1.29, 1.82) is 0 Å². The summed E-state index contributed by atoms with van der Waals surface area (Å²) in [6.45, 7) is 10.4. The Morgan fingerprint density at radius 2 is 2.12 bits per heavy atom. The standard InChI is InChI=1S/C17H21N5O2/c1-6-22-12(5)14(8-18-22)10(3)20-16(23)13-7-9(2)19-17-15(13)11(4)21-24-17/h7-8,10H,6H2,1-5H3,(H,20,23). The first-order chi connectivity index (χ1) is 11.4. The summed E-state index contributed by atoms with van der Waals surface area (Å²) < 4.78 is 7.11. The first kappa shape index (κ1) is 16.2. The molecule has 0 saturated heterocycles. The van der Waals surface area contributed by atoms with E-state index in [1.54, 1.807) is 13.0 Å². The van der Waals surface area contributed by atoms with E-state index in [0.29, 0.717) is 28.1 Å². The van der Waals surface area contributed by atoms with Crippen LogP contribution in [-0.2, 0) is 6.54 Å². The smallest absolute Gasteiger partial charge is 0.258 e. The van der Waals surface area contributed by atoms with Crippen LogP contribution in [0.15, 0.2) is 16.8 Å². The molecule has 0 aliphatic carbocycles. The summed E-state index contributed by atoms with van der Waals surface area (Å²) in [4.78, 5) is 17.1. The first-order valence-electron chi connectivity index (χ1n) is 7.99. The lowest BCUT2D eigenvalue weighted by molar-refractivity contribution is 0.0941. The topological polar surface area (TPSA) is 85.8 Å². The maximum atomic E-state index is 12.8. The minimum absolute atomic E-state index is 0.151. The summed E-state index contributed by atoms with van der Waals surface area (Å²) in [5.41, 5.74) is 4.36. The van der Waals surface area contributed by atoms with Crippen LogP contribution < -0.4 is 5.32 Å². The van der Waals surface area contributed by atoms with E-state index in [4.69, 9.17) is 4.52 Å². The molecule has 7 heteroatoms. The van der Waals surface area contributed by atoms with Crippen molar-refractivity contribution >= 4 is 17.0 Å². The average molecular weight is 327 g/mol. The molecule has 0 aliphatic heterocycles. The zero-order valence-electron chi connectivity index (χ0n) is 14.5. The highest BCUT2D eigenvalue weighted by Crippen LogP contribution is 2.23. The molecule has 1 amide bonds. The Morgan fingerprint density at radius 3 is 2.79 bits per heavy atom. The fourth-order valence-electron chi connectivity index (χ4n) is 2.95. The van der Waals surface area contributed by atoms with Crippen molar-refractivity contribution in [3.63, 3.8) is 0 Å². The number of fused-ring (bicyclic) bond motifs is 1. The monoisotopic (exact) mass is 327 g/mol. The van der Waals surface area contributed by atoms with Gasteiger partial charge in [-0.15, -0.1) is 0 Å². The number of nitrogens with zero attached hydrogens (tertiary/aromatic N) is 4. The zero-order valence-corrected chi connectivity index (χ0v) is 14.5. The van der Waals surface area contributed by atoms with Gasteiger partial charge in [-0.2, -0.15) is 5.10 Å². The quantitative estimate of drug-likeness (QED) is 0.796. The molecule has 0 aliphatic rings. The van der Waals surface area contributed by atoms with Crippen LogP contribution >= 0.6 is 0 Å². The Labute approximate surface area is 140 Å². The lowest BCUT2D eigenvalue weighted by atomic mass is 10.1. The molecule has 0 bridgehead atoms. The van der Waals surface area contributed by atoms with Crippen LogP contribution in [0.5, 0.6) is 0 Å². The molecule has 0 aromatic carbocycles. The van der Waals surface area contributed by atoms with Gasteiger partial charge in [-0.3, -0.25) is 9.48 Å². The lowest BCUT2D eigenvalue weighted by Crippen LogP contribution is -2.27. The maximum Gasteiger partial charge on any atom is 0.258 e. The van der Waals surface area contributed by atoms with Crippen molar-refractivity contribution in [1.82, 2.24) is 25.2 Å². The van der Waals surface area contributed by atoms with Gasteiger partial charge >= 0.3 is 0 Å². The highest BCUT2D eigenvalue weighted by molar-refractivity contribution is 6.06. The number of pyridine rings is 1. The molecule has 1 atom stereocenters. The number of rotatable bonds is 4. The molecule has 24 heavy (non-hydrogen) atoms. The second-order valence-corrected chi connectivity index (χ2v) is 5.96. The number of nitrogens with one attached hydrogen (secondary N) is 1. The molecule has 0 saturated carbocycles. The minimum Gasteiger partial charge on any atom is -0.345 e. The fraction of sp³-hybridized carbons (Fsp3) is 0.412. The molecular formula is C17H21N5O2. The molecule has 7 nitrogen and oxygen atoms in total. The normalized spacial score (nSPS) is 12.5. The van der Waals surface area contributed by atoms with Gasteiger partial charge in [-0.25, -0.2) is 4.98 Å². The fourth-order valence-corrected chi connectivity index (χ4v) is 2.95. The van der Waals surface area contributed by atoms with E-state index in [-0.39, 0.29) is 11.9 Å². The van der Waals surface area contributed by atoms with Crippen molar-refractivity contribution in [2.24, 2.45) is 0 Å². The SMILES string of the molecule is CCn1ncc(C(C)NC(=O)c2cc(C)nc3onc(C)c23)c1C. The first-order valence-corrected chi connectivity index (χ1v) is 7.99. The number of aryl methyl sites for hydroxylation is 3. The van der Waals surface area contributed by atoms with Gasteiger partial charge in [-0.1, -0.05) is 5.16 Å². The third-order valence-electron chi connectivity index (χ3n) is 4.24. The van der Waals surface area contributed by atoms with Gasteiger partial charge in [-0.05, 0) is 40.7 Å². The second kappa shape index (κ2) is 6.07. The van der Waals surface area contributed by atoms with Gasteiger partial charge in [0, 0.05) is 23.5 Å². The van der Waals surface area contributed by atoms with Gasteiger partial charge in [0.2, 0.25) is 0 Å². The van der Waals surface area contributed by atoms with Gasteiger partial charge < -0.3 is 9.84 Å². The van der Waals surface area contributed by atoms with Crippen LogP contribution in [0.3, 0.4) is 0 Å². The zero-order chi connectivity index (χ0) is 17.4. The average Bonchev–Trinajstić information content (AvgIpc) is 3.09. The van der Waals surface area contributed by atoms with Gasteiger partial charge in [0.1, 0.15) is 0 Å². The van der Waals surface area contributed by atoms with Crippen molar-refractivity contribution in [3.8, 4) is 0 Å². The van der Waals surface area contributed by atoms with Crippen LogP contribution in [-0.4, -0.2) is 25.8 Å². The molecule has 1 N–H and O–H groups in total. The van der Waals surface area contributed by atoms with Crippen molar-refractivity contribution < 1.29 is 9.32 Å². The van der Waals surface area contributed by atoms with E-state index in [0.717, 1.165) is 17.8 Å². The summed E-state index contributed by atoms with van der Waals surface area (Å²) in [5, 5.41) is 11.9. The van der Waals surface area contributed by atoms with Crippen LogP contribution in [0, 0.1) is 20.8 Å². The molecule has 0 radical (unpaired) electrons. The molecule has 3 rings (SSSR count). The van der Waals surface area contributed by atoms with Crippen molar-refractivity contribution in [2.45, 2.75) is 47.2 Å². The van der Waals surface area contributed by atoms with Crippen molar-refractivity contribution in [3.05, 3.63) is 40.5 Å². The second-order valence-electron chi connectivity index (χ2n) is 5.96. The molecular weight excluding hydrogens is 306 g/mol. The van der Waals surface area contributed by atoms with E-state index in [1.165, 1.54) is 0 Å². The lowest BCUT2D eigenvalue weighted by Gasteiger charge is -2.14. The van der Waals surface area contributed by atoms with E-state index in [9.17, 15) is 4.79 Å². The predicted molar refractivity (Wildman–Crippen MR) is 89.8 cm³/mol. The van der Waals surface area contributed by atoms with Crippen LogP contribution in [0.4, 0.5) is 0 Å². The van der Waals surface area contributed by atoms with Gasteiger partial charge in [0.15, 0.2) is 0 Å². The summed E-state index contributed by atoms with van der Waals surface area (Å²) in [7, 11) is 0. The predicted octanol–water partition coefficient (Wildman–Crippen LogP) is 2.86. The number of carbonyl (C=O) groups is 1. The summed E-state index contributed by atoms with van der Waals surface area (Å²) in [5.74, 6) is -0.173. The largest absolute Gasteiger partial charge is 0.345 e. The molecule has 3 heterocycles. The Bertz CT molecular complexity index is 909. The molecule has 0 fully saturated rings. The molecule has 0 spiro atoms. The summed E-state index contributed by atoms with van der Waals surface area (Å²) in [6, 6.07) is 1.61. The molecule has 3 aromatic rings. The number of hydrogen-bond donors (Lipinski definition) is 1. The summed E-state index contributed by atoms with van der Waals surface area (Å²) in [6.07, 6.45) is 1.81. The molecule has 126 valence electrons. The van der Waals surface area contributed by atoms with E-state index >= 15 is 0 Å². The third kappa shape index (κ3) is 2.66. The van der Waals surface area contributed by atoms with Crippen LogP contribution in [0.1, 0.15) is 52.9 Å². The Hall–Kier alpha value is -2.70. The minimum atomic E-state index is -0.173. The summed E-state index contributed by atoms with van der Waals surface area (Å²) >= 11 is 0. The number of carbonyl (C=O) groups excluding carboxylic acids is 1. The van der Waals surface area contributed by atoms with E-state index in [2.05, 4.69) is 20.6 Å². The van der Waals surface area contributed by atoms with E-state index in [1.807, 2.05) is 38.6 Å². The Kier molecular flexibility index (Phi) is 4.09.